The summed E-state index contributed by atoms with van der Waals surface area (Å²) >= 11 is 0. The maximum Gasteiger partial charge on any atom is 0.389 e. The summed E-state index contributed by atoms with van der Waals surface area (Å²) in [7, 11) is -19.5. The van der Waals surface area contributed by atoms with E-state index in [0.717, 1.165) is 10.4 Å². The molecular weight excluding hydrogens is 597 g/mol. The van der Waals surface area contributed by atoms with E-state index >= 15 is 0 Å². The van der Waals surface area contributed by atoms with Crippen molar-refractivity contribution in [3.05, 3.63) is 60.7 Å². The first kappa shape index (κ1) is 32.2. The van der Waals surface area contributed by atoms with Gasteiger partial charge < -0.3 is 28.8 Å². The van der Waals surface area contributed by atoms with Gasteiger partial charge in [0.2, 0.25) is 0 Å². The molecule has 0 saturated carbocycles. The molecule has 1 heterocycles. The Balaban J connectivity index is 2.25. The zero-order valence-electron chi connectivity index (χ0n) is 25.1. The summed E-state index contributed by atoms with van der Waals surface area (Å²) in [5.41, 5.74) is 0. The van der Waals surface area contributed by atoms with Crippen LogP contribution < -0.4 is 10.4 Å². The summed E-state index contributed by atoms with van der Waals surface area (Å²) in [6, 6.07) is 20.6. The van der Waals surface area contributed by atoms with Gasteiger partial charge in [0.25, 0.3) is 0 Å². The molecule has 7 nitrogen and oxygen atoms in total. The summed E-state index contributed by atoms with van der Waals surface area (Å²) in [6.45, 7) is 25.0. The fourth-order valence-electron chi connectivity index (χ4n) is 5.52. The molecule has 3 rings (SSSR count). The van der Waals surface area contributed by atoms with Crippen LogP contribution in [0.3, 0.4) is 0 Å². The molecule has 0 aromatic heterocycles. The summed E-state index contributed by atoms with van der Waals surface area (Å²) < 4.78 is 48.5. The lowest BCUT2D eigenvalue weighted by atomic mass is 10.4. The fourth-order valence-corrected chi connectivity index (χ4v) is 42.0. The molecule has 1 fully saturated rings. The van der Waals surface area contributed by atoms with Crippen LogP contribution >= 0.6 is 0 Å². The van der Waals surface area contributed by atoms with Gasteiger partial charge in [0, 0.05) is 0 Å². The molecule has 0 unspecified atom stereocenters. The van der Waals surface area contributed by atoms with Gasteiger partial charge in [-0.2, -0.15) is 0 Å². The van der Waals surface area contributed by atoms with E-state index in [1.807, 2.05) is 36.4 Å². The maximum absolute atomic E-state index is 7.29. The van der Waals surface area contributed by atoms with Crippen LogP contribution in [-0.2, 0) is 28.8 Å². The van der Waals surface area contributed by atoms with Crippen molar-refractivity contribution in [2.24, 2.45) is 0 Å². The Morgan fingerprint density at radius 1 is 0.316 bits per heavy atom. The molecule has 38 heavy (non-hydrogen) atoms. The number of hydrogen-bond acceptors (Lipinski definition) is 7. The van der Waals surface area contributed by atoms with E-state index in [1.54, 1.807) is 0 Å². The van der Waals surface area contributed by atoms with Crippen LogP contribution in [0.5, 0.6) is 0 Å². The summed E-state index contributed by atoms with van der Waals surface area (Å²) in [5, 5.41) is 2.06. The SMILES string of the molecule is C[Si]1(C)O[Si](C)(C)O[Si](C)(C)O[Si](C)(C)O[Si](c2ccccc2)(c2ccccc2)O[Si](C)(C)O[Si](C)(C)O1. The zero-order chi connectivity index (χ0) is 28.7. The van der Waals surface area contributed by atoms with Crippen LogP contribution in [0.15, 0.2) is 60.7 Å². The Morgan fingerprint density at radius 3 is 0.763 bits per heavy atom. The van der Waals surface area contributed by atoms with Crippen molar-refractivity contribution in [2.45, 2.75) is 78.6 Å². The molecule has 1 saturated heterocycles. The predicted molar refractivity (Wildman–Crippen MR) is 170 cm³/mol. The molecule has 0 radical (unpaired) electrons. The highest BCUT2D eigenvalue weighted by Crippen LogP contribution is 2.31. The zero-order valence-corrected chi connectivity index (χ0v) is 32.1. The monoisotopic (exact) mass is 642 g/mol. The largest absolute Gasteiger partial charge is 0.416 e. The molecule has 0 aliphatic carbocycles. The number of benzene rings is 2. The Kier molecular flexibility index (Phi) is 9.46. The van der Waals surface area contributed by atoms with Gasteiger partial charge in [0.1, 0.15) is 0 Å². The quantitative estimate of drug-likeness (QED) is 0.396. The van der Waals surface area contributed by atoms with Crippen molar-refractivity contribution in [3.63, 3.8) is 0 Å². The molecule has 2 aromatic rings. The molecular formula is C24H46O7Si7. The predicted octanol–water partition coefficient (Wildman–Crippen LogP) is 5.58. The lowest BCUT2D eigenvalue weighted by Crippen LogP contribution is -2.73. The van der Waals surface area contributed by atoms with E-state index in [9.17, 15) is 0 Å². The van der Waals surface area contributed by atoms with Gasteiger partial charge in [-0.3, -0.25) is 0 Å². The van der Waals surface area contributed by atoms with E-state index < -0.39 is 59.9 Å². The summed E-state index contributed by atoms with van der Waals surface area (Å²) in [6.07, 6.45) is 0. The minimum absolute atomic E-state index is 1.03. The summed E-state index contributed by atoms with van der Waals surface area (Å²) in [5.74, 6) is 0. The summed E-state index contributed by atoms with van der Waals surface area (Å²) in [4.78, 5) is 0. The molecule has 0 spiro atoms. The fraction of sp³-hybridized carbons (Fsp3) is 0.500. The third-order valence-electron chi connectivity index (χ3n) is 5.54. The van der Waals surface area contributed by atoms with Gasteiger partial charge in [0.05, 0.1) is 0 Å². The molecule has 1 aliphatic rings. The van der Waals surface area contributed by atoms with Gasteiger partial charge in [0.15, 0.2) is 0 Å². The molecule has 0 amide bonds. The average molecular weight is 643 g/mol. The third-order valence-corrected chi connectivity index (χ3v) is 33.6. The van der Waals surface area contributed by atoms with Crippen LogP contribution in [0.2, 0.25) is 78.6 Å². The normalized spacial score (nSPS) is 26.1. The second-order valence-corrected chi connectivity index (χ2v) is 37.4. The standard InChI is InChI=1S/C24H46O7Si7/c1-32(2)25-33(3,4)27-35(7,8)29-37(11,12)31-38(23-19-15-13-16-20-23,24-21-17-14-18-22-24)30-36(9,10)28-34(5,6)26-32/h13-22H,1-12H3. The minimum atomic E-state index is -3.31. The van der Waals surface area contributed by atoms with Gasteiger partial charge in [-0.15, -0.1) is 0 Å². The smallest absolute Gasteiger partial charge is 0.389 e. The topological polar surface area (TPSA) is 64.6 Å². The van der Waals surface area contributed by atoms with E-state index in [4.69, 9.17) is 28.8 Å². The first-order valence-electron chi connectivity index (χ1n) is 13.2. The Bertz CT molecular complexity index is 995. The van der Waals surface area contributed by atoms with Gasteiger partial charge >= 0.3 is 59.9 Å². The van der Waals surface area contributed by atoms with Crippen LogP contribution in [0.4, 0.5) is 0 Å². The van der Waals surface area contributed by atoms with Gasteiger partial charge in [-0.1, -0.05) is 60.7 Å². The van der Waals surface area contributed by atoms with Crippen LogP contribution in [0.25, 0.3) is 0 Å². The van der Waals surface area contributed by atoms with E-state index in [0.29, 0.717) is 0 Å². The lowest BCUT2D eigenvalue weighted by molar-refractivity contribution is 0.244. The molecule has 0 N–H and O–H groups in total. The number of rotatable bonds is 2. The van der Waals surface area contributed by atoms with Crippen molar-refractivity contribution in [3.8, 4) is 0 Å². The van der Waals surface area contributed by atoms with Crippen molar-refractivity contribution >= 4 is 70.3 Å². The van der Waals surface area contributed by atoms with Crippen molar-refractivity contribution in [1.82, 2.24) is 0 Å². The van der Waals surface area contributed by atoms with E-state index in [1.165, 1.54) is 0 Å². The number of hydrogen-bond donors (Lipinski definition) is 0. The van der Waals surface area contributed by atoms with Crippen LogP contribution in [0.1, 0.15) is 0 Å². The Morgan fingerprint density at radius 2 is 0.526 bits per heavy atom. The van der Waals surface area contributed by atoms with Crippen LogP contribution in [0, 0.1) is 0 Å². The lowest BCUT2D eigenvalue weighted by Gasteiger charge is -2.47. The third kappa shape index (κ3) is 8.84. The first-order valence-corrected chi connectivity index (χ1v) is 31.9. The highest BCUT2D eigenvalue weighted by molar-refractivity contribution is 7.03. The molecule has 2 aromatic carbocycles. The molecule has 212 valence electrons. The molecule has 0 atom stereocenters. The van der Waals surface area contributed by atoms with Gasteiger partial charge in [-0.05, 0) is 88.9 Å². The molecule has 0 bridgehead atoms. The second-order valence-electron chi connectivity index (χ2n) is 12.5. The Hall–Kier alpha value is -0.322. The van der Waals surface area contributed by atoms with Gasteiger partial charge in [-0.25, -0.2) is 0 Å². The second kappa shape index (κ2) is 11.2. The highest BCUT2D eigenvalue weighted by atomic mass is 28.5. The Labute approximate surface area is 237 Å². The average Bonchev–Trinajstić information content (AvgIpc) is 2.68. The van der Waals surface area contributed by atoms with Crippen molar-refractivity contribution < 1.29 is 28.8 Å². The minimum Gasteiger partial charge on any atom is -0.416 e. The van der Waals surface area contributed by atoms with E-state index in [-0.39, 0.29) is 0 Å². The highest BCUT2D eigenvalue weighted by Gasteiger charge is 2.56. The molecule has 1 aliphatic heterocycles. The van der Waals surface area contributed by atoms with Crippen LogP contribution in [-0.4, -0.2) is 59.9 Å². The van der Waals surface area contributed by atoms with Crippen molar-refractivity contribution in [2.75, 3.05) is 0 Å². The van der Waals surface area contributed by atoms with Crippen molar-refractivity contribution in [1.29, 1.82) is 0 Å². The van der Waals surface area contributed by atoms with E-state index in [2.05, 4.69) is 103 Å². The maximum atomic E-state index is 7.29. The molecule has 14 heteroatoms. The first-order chi connectivity index (χ1) is 17.2.